The van der Waals surface area contributed by atoms with Crippen molar-refractivity contribution in [2.24, 2.45) is 0 Å². The predicted molar refractivity (Wildman–Crippen MR) is 132 cm³/mol. The van der Waals surface area contributed by atoms with Gasteiger partial charge in [-0.15, -0.1) is 13.2 Å². The SMILES string of the molecule is COc1cccc(NC(=O)N2CCC(OCc3c(-c4ccccc4OC(F)(F)F)noc3C3CC3)CC2)c1. The molecule has 0 unspecified atom stereocenters. The molecule has 1 aliphatic carbocycles. The Bertz CT molecular complexity index is 1270. The Kier molecular flexibility index (Phi) is 7.46. The smallest absolute Gasteiger partial charge is 0.497 e. The van der Waals surface area contributed by atoms with Gasteiger partial charge in [-0.1, -0.05) is 23.4 Å². The number of piperidine rings is 1. The van der Waals surface area contributed by atoms with Crippen LogP contribution in [0.1, 0.15) is 42.9 Å². The zero-order valence-corrected chi connectivity index (χ0v) is 20.8. The fourth-order valence-corrected chi connectivity index (χ4v) is 4.55. The van der Waals surface area contributed by atoms with Gasteiger partial charge < -0.3 is 29.0 Å². The van der Waals surface area contributed by atoms with E-state index in [1.807, 2.05) is 0 Å². The summed E-state index contributed by atoms with van der Waals surface area (Å²) < 4.78 is 60.2. The largest absolute Gasteiger partial charge is 0.573 e. The lowest BCUT2D eigenvalue weighted by Crippen LogP contribution is -2.43. The molecular formula is C27H28F3N3O5. The Morgan fingerprint density at radius 3 is 2.58 bits per heavy atom. The number of ether oxygens (including phenoxy) is 3. The lowest BCUT2D eigenvalue weighted by molar-refractivity contribution is -0.274. The van der Waals surface area contributed by atoms with Crippen molar-refractivity contribution in [2.75, 3.05) is 25.5 Å². The number of urea groups is 1. The van der Waals surface area contributed by atoms with Crippen LogP contribution >= 0.6 is 0 Å². The second-order valence-electron chi connectivity index (χ2n) is 9.35. The van der Waals surface area contributed by atoms with E-state index in [0.717, 1.165) is 12.8 Å². The molecule has 0 spiro atoms. The molecule has 8 nitrogen and oxygen atoms in total. The van der Waals surface area contributed by atoms with Crippen LogP contribution in [0.15, 0.2) is 53.1 Å². The van der Waals surface area contributed by atoms with Crippen LogP contribution in [-0.4, -0.2) is 48.8 Å². The molecule has 0 radical (unpaired) electrons. The van der Waals surface area contributed by atoms with Gasteiger partial charge in [0.1, 0.15) is 23.0 Å². The van der Waals surface area contributed by atoms with Gasteiger partial charge in [0.05, 0.1) is 19.8 Å². The molecule has 1 saturated heterocycles. The van der Waals surface area contributed by atoms with Crippen molar-refractivity contribution in [2.45, 2.75) is 50.7 Å². The Morgan fingerprint density at radius 1 is 1.11 bits per heavy atom. The summed E-state index contributed by atoms with van der Waals surface area (Å²) in [5.41, 5.74) is 1.78. The molecule has 2 heterocycles. The monoisotopic (exact) mass is 531 g/mol. The Hall–Kier alpha value is -3.73. The van der Waals surface area contributed by atoms with Crippen LogP contribution in [0.2, 0.25) is 0 Å². The van der Waals surface area contributed by atoms with Crippen molar-refractivity contribution >= 4 is 11.7 Å². The predicted octanol–water partition coefficient (Wildman–Crippen LogP) is 6.34. The second-order valence-corrected chi connectivity index (χ2v) is 9.35. The average molecular weight is 532 g/mol. The number of carbonyl (C=O) groups is 1. The van der Waals surface area contributed by atoms with Crippen molar-refractivity contribution in [3.63, 3.8) is 0 Å². The number of rotatable bonds is 8. The molecule has 2 aromatic carbocycles. The Balaban J connectivity index is 1.22. The molecule has 1 aromatic heterocycles. The van der Waals surface area contributed by atoms with Crippen molar-refractivity contribution in [3.05, 3.63) is 59.9 Å². The highest BCUT2D eigenvalue weighted by Crippen LogP contribution is 2.45. The first-order valence-electron chi connectivity index (χ1n) is 12.5. The van der Waals surface area contributed by atoms with E-state index in [2.05, 4.69) is 15.2 Å². The number of amides is 2. The van der Waals surface area contributed by atoms with Gasteiger partial charge >= 0.3 is 12.4 Å². The van der Waals surface area contributed by atoms with Gasteiger partial charge in [0.15, 0.2) is 0 Å². The number of nitrogens with one attached hydrogen (secondary N) is 1. The van der Waals surface area contributed by atoms with E-state index in [0.29, 0.717) is 54.4 Å². The molecule has 5 rings (SSSR count). The molecular weight excluding hydrogens is 503 g/mol. The third kappa shape index (κ3) is 6.21. The molecule has 11 heteroatoms. The number of hydrogen-bond acceptors (Lipinski definition) is 6. The summed E-state index contributed by atoms with van der Waals surface area (Å²) in [5.74, 6) is 1.15. The maximum absolute atomic E-state index is 13.0. The van der Waals surface area contributed by atoms with Crippen LogP contribution in [-0.2, 0) is 11.3 Å². The molecule has 2 aliphatic rings. The standard InChI is InChI=1S/C27H28F3N3O5/c1-35-20-6-4-5-18(15-20)31-26(34)33-13-11-19(12-14-33)36-16-22-24(32-38-25(22)17-9-10-17)21-7-2-3-8-23(21)37-27(28,29)30/h2-8,15,17,19H,9-14,16H2,1H3,(H,31,34). The van der Waals surface area contributed by atoms with E-state index >= 15 is 0 Å². The van der Waals surface area contributed by atoms with E-state index in [-0.39, 0.29) is 36.0 Å². The molecule has 2 fully saturated rings. The number of likely N-dealkylation sites (tertiary alicyclic amines) is 1. The topological polar surface area (TPSA) is 86.1 Å². The normalized spacial score (nSPS) is 16.4. The Morgan fingerprint density at radius 2 is 1.87 bits per heavy atom. The van der Waals surface area contributed by atoms with Crippen molar-refractivity contribution in [1.82, 2.24) is 10.1 Å². The summed E-state index contributed by atoms with van der Waals surface area (Å²) in [6.07, 6.45) is -1.83. The number of nitrogens with zero attached hydrogens (tertiary/aromatic N) is 2. The van der Waals surface area contributed by atoms with Crippen molar-refractivity contribution in [3.8, 4) is 22.8 Å². The summed E-state index contributed by atoms with van der Waals surface area (Å²) in [5, 5.41) is 7.00. The van der Waals surface area contributed by atoms with Crippen LogP contribution in [0.3, 0.4) is 0 Å². The number of benzene rings is 2. The van der Waals surface area contributed by atoms with E-state index < -0.39 is 6.36 Å². The van der Waals surface area contributed by atoms with Gasteiger partial charge in [0.2, 0.25) is 0 Å². The van der Waals surface area contributed by atoms with E-state index in [1.54, 1.807) is 42.3 Å². The molecule has 1 aliphatic heterocycles. The highest BCUT2D eigenvalue weighted by atomic mass is 19.4. The molecule has 1 saturated carbocycles. The summed E-state index contributed by atoms with van der Waals surface area (Å²) >= 11 is 0. The molecule has 38 heavy (non-hydrogen) atoms. The van der Waals surface area contributed by atoms with Crippen LogP contribution < -0.4 is 14.8 Å². The number of methoxy groups -OCH3 is 1. The maximum Gasteiger partial charge on any atom is 0.573 e. The molecule has 2 amide bonds. The van der Waals surface area contributed by atoms with Gasteiger partial charge in [0, 0.05) is 41.9 Å². The summed E-state index contributed by atoms with van der Waals surface area (Å²) in [4.78, 5) is 14.4. The van der Waals surface area contributed by atoms with Gasteiger partial charge in [-0.05, 0) is 49.9 Å². The van der Waals surface area contributed by atoms with Gasteiger partial charge in [-0.25, -0.2) is 4.79 Å². The minimum atomic E-state index is -4.83. The first-order chi connectivity index (χ1) is 18.3. The minimum Gasteiger partial charge on any atom is -0.497 e. The van der Waals surface area contributed by atoms with E-state index in [4.69, 9.17) is 14.0 Å². The first kappa shape index (κ1) is 25.9. The van der Waals surface area contributed by atoms with E-state index in [9.17, 15) is 18.0 Å². The first-order valence-corrected chi connectivity index (χ1v) is 12.5. The number of halogens is 3. The van der Waals surface area contributed by atoms with Gasteiger partial charge in [0.25, 0.3) is 0 Å². The van der Waals surface area contributed by atoms with Crippen LogP contribution in [0, 0.1) is 0 Å². The van der Waals surface area contributed by atoms with E-state index in [1.165, 1.54) is 18.2 Å². The Labute approximate surface area is 217 Å². The lowest BCUT2D eigenvalue weighted by atomic mass is 10.0. The van der Waals surface area contributed by atoms with Crippen molar-refractivity contribution in [1.29, 1.82) is 0 Å². The maximum atomic E-state index is 13.0. The average Bonchev–Trinajstić information content (AvgIpc) is 3.66. The number of alkyl halides is 3. The second kappa shape index (κ2) is 10.9. The fraction of sp³-hybridized carbons (Fsp3) is 0.407. The number of carbonyl (C=O) groups excluding carboxylic acids is 1. The highest BCUT2D eigenvalue weighted by molar-refractivity contribution is 5.89. The molecule has 202 valence electrons. The van der Waals surface area contributed by atoms with Crippen LogP contribution in [0.25, 0.3) is 11.3 Å². The number of anilines is 1. The summed E-state index contributed by atoms with van der Waals surface area (Å²) in [7, 11) is 1.57. The third-order valence-corrected chi connectivity index (χ3v) is 6.65. The van der Waals surface area contributed by atoms with Crippen LogP contribution in [0.5, 0.6) is 11.5 Å². The number of para-hydroxylation sites is 1. The zero-order valence-electron chi connectivity index (χ0n) is 20.8. The van der Waals surface area contributed by atoms with Crippen molar-refractivity contribution < 1.29 is 36.7 Å². The molecule has 1 N–H and O–H groups in total. The number of aromatic nitrogens is 1. The van der Waals surface area contributed by atoms with Gasteiger partial charge in [-0.3, -0.25) is 0 Å². The zero-order chi connectivity index (χ0) is 26.7. The summed E-state index contributed by atoms with van der Waals surface area (Å²) in [6.45, 7) is 1.16. The molecule has 0 bridgehead atoms. The van der Waals surface area contributed by atoms with Gasteiger partial charge in [-0.2, -0.15) is 0 Å². The molecule has 0 atom stereocenters. The third-order valence-electron chi connectivity index (χ3n) is 6.65. The quantitative estimate of drug-likeness (QED) is 0.365. The minimum absolute atomic E-state index is 0.118. The number of hydrogen-bond donors (Lipinski definition) is 1. The fourth-order valence-electron chi connectivity index (χ4n) is 4.55. The highest BCUT2D eigenvalue weighted by Gasteiger charge is 2.36. The van der Waals surface area contributed by atoms with Crippen LogP contribution in [0.4, 0.5) is 23.7 Å². The lowest BCUT2D eigenvalue weighted by Gasteiger charge is -2.32. The summed E-state index contributed by atoms with van der Waals surface area (Å²) in [6, 6.07) is 12.8. The molecule has 3 aromatic rings.